The Balaban J connectivity index is 1.94. The molecule has 1 heterocycles. The molecule has 0 aliphatic heterocycles. The van der Waals surface area contributed by atoms with Crippen molar-refractivity contribution in [2.75, 3.05) is 11.9 Å². The smallest absolute Gasteiger partial charge is 0.255 e. The van der Waals surface area contributed by atoms with Gasteiger partial charge >= 0.3 is 0 Å². The number of hydrogen-bond donors (Lipinski definition) is 2. The predicted molar refractivity (Wildman–Crippen MR) is 86.5 cm³/mol. The lowest BCUT2D eigenvalue weighted by molar-refractivity contribution is 0.0922. The second-order valence-corrected chi connectivity index (χ2v) is 5.93. The topological polar surface area (TPSA) is 54.0 Å². The molecule has 4 nitrogen and oxygen atoms in total. The van der Waals surface area contributed by atoms with E-state index in [-0.39, 0.29) is 5.91 Å². The van der Waals surface area contributed by atoms with E-state index in [9.17, 15) is 4.79 Å². The molecule has 2 N–H and O–H groups in total. The van der Waals surface area contributed by atoms with Gasteiger partial charge in [0, 0.05) is 18.8 Å². The first-order valence-corrected chi connectivity index (χ1v) is 8.24. The molecular formula is C17H27N3O. The summed E-state index contributed by atoms with van der Waals surface area (Å²) in [5.74, 6) is 1.54. The van der Waals surface area contributed by atoms with Crippen LogP contribution in [0.4, 0.5) is 5.82 Å². The second-order valence-electron chi connectivity index (χ2n) is 5.93. The van der Waals surface area contributed by atoms with Crippen LogP contribution in [0.1, 0.15) is 62.7 Å². The first-order valence-electron chi connectivity index (χ1n) is 8.24. The van der Waals surface area contributed by atoms with Gasteiger partial charge in [0.2, 0.25) is 0 Å². The lowest BCUT2D eigenvalue weighted by atomic mass is 9.84. The largest absolute Gasteiger partial charge is 0.369 e. The monoisotopic (exact) mass is 289 g/mol. The fourth-order valence-electron chi connectivity index (χ4n) is 2.95. The molecule has 0 radical (unpaired) electrons. The van der Waals surface area contributed by atoms with Crippen molar-refractivity contribution in [2.24, 2.45) is 5.92 Å². The third kappa shape index (κ3) is 4.45. The molecule has 21 heavy (non-hydrogen) atoms. The van der Waals surface area contributed by atoms with Crippen LogP contribution in [0.5, 0.6) is 0 Å². The quantitative estimate of drug-likeness (QED) is 0.841. The summed E-state index contributed by atoms with van der Waals surface area (Å²) in [4.78, 5) is 16.7. The second kappa shape index (κ2) is 8.01. The van der Waals surface area contributed by atoms with Gasteiger partial charge in [0.25, 0.3) is 5.91 Å². The van der Waals surface area contributed by atoms with Gasteiger partial charge in [0.05, 0.1) is 5.56 Å². The van der Waals surface area contributed by atoms with E-state index in [1.165, 1.54) is 19.3 Å². The fraction of sp³-hybridized carbons (Fsp3) is 0.647. The molecule has 1 aromatic rings. The maximum atomic E-state index is 12.5. The number of carbonyl (C=O) groups excluding carboxylic acids is 1. The number of pyridine rings is 1. The average Bonchev–Trinajstić information content (AvgIpc) is 2.54. The summed E-state index contributed by atoms with van der Waals surface area (Å²) < 4.78 is 0. The summed E-state index contributed by atoms with van der Waals surface area (Å²) in [5.41, 5.74) is 0.656. The van der Waals surface area contributed by atoms with E-state index >= 15 is 0 Å². The van der Waals surface area contributed by atoms with Crippen molar-refractivity contribution in [3.63, 3.8) is 0 Å². The van der Waals surface area contributed by atoms with Crippen molar-refractivity contribution < 1.29 is 4.79 Å². The minimum atomic E-state index is 0.00153. The molecule has 0 unspecified atom stereocenters. The molecule has 116 valence electrons. The molecule has 1 fully saturated rings. The number of nitrogens with zero attached hydrogens (tertiary/aromatic N) is 1. The summed E-state index contributed by atoms with van der Waals surface area (Å²) in [6, 6.07) is 3.98. The first kappa shape index (κ1) is 15.8. The molecular weight excluding hydrogens is 262 g/mol. The van der Waals surface area contributed by atoms with Gasteiger partial charge in [-0.2, -0.15) is 0 Å². The molecule has 0 spiro atoms. The zero-order chi connectivity index (χ0) is 15.1. The highest BCUT2D eigenvalue weighted by molar-refractivity contribution is 5.98. The van der Waals surface area contributed by atoms with Gasteiger partial charge in [-0.25, -0.2) is 4.98 Å². The van der Waals surface area contributed by atoms with E-state index in [1.54, 1.807) is 6.20 Å². The van der Waals surface area contributed by atoms with E-state index in [4.69, 9.17) is 0 Å². The molecule has 2 rings (SSSR count). The zero-order valence-corrected chi connectivity index (χ0v) is 13.2. The van der Waals surface area contributed by atoms with Gasteiger partial charge in [-0.1, -0.05) is 20.3 Å². The Morgan fingerprint density at radius 2 is 2.05 bits per heavy atom. The van der Waals surface area contributed by atoms with Crippen molar-refractivity contribution in [3.05, 3.63) is 23.9 Å². The highest BCUT2D eigenvalue weighted by atomic mass is 16.1. The summed E-state index contributed by atoms with van der Waals surface area (Å²) in [6.07, 6.45) is 8.66. The van der Waals surface area contributed by atoms with Crippen LogP contribution in [0, 0.1) is 5.92 Å². The Bertz CT molecular complexity index is 453. The van der Waals surface area contributed by atoms with E-state index < -0.39 is 0 Å². The molecule has 1 aliphatic carbocycles. The van der Waals surface area contributed by atoms with Crippen LogP contribution in [0.2, 0.25) is 0 Å². The highest BCUT2D eigenvalue weighted by Gasteiger charge is 2.22. The average molecular weight is 289 g/mol. The van der Waals surface area contributed by atoms with Gasteiger partial charge < -0.3 is 10.6 Å². The van der Waals surface area contributed by atoms with Gasteiger partial charge in [0.1, 0.15) is 5.82 Å². The lowest BCUT2D eigenvalue weighted by Crippen LogP contribution is -2.38. The van der Waals surface area contributed by atoms with Gasteiger partial charge in [-0.05, 0) is 50.2 Å². The van der Waals surface area contributed by atoms with E-state index in [1.807, 2.05) is 12.1 Å². The van der Waals surface area contributed by atoms with Crippen LogP contribution in [0.25, 0.3) is 0 Å². The Morgan fingerprint density at radius 3 is 2.71 bits per heavy atom. The summed E-state index contributed by atoms with van der Waals surface area (Å²) in [6.45, 7) is 5.19. The van der Waals surface area contributed by atoms with E-state index in [0.717, 1.165) is 31.7 Å². The number of nitrogens with one attached hydrogen (secondary N) is 2. The van der Waals surface area contributed by atoms with Crippen molar-refractivity contribution in [1.82, 2.24) is 10.3 Å². The summed E-state index contributed by atoms with van der Waals surface area (Å²) in [5, 5.41) is 6.40. The molecule has 0 bridgehead atoms. The SMILES string of the molecule is CCCNc1ncccc1C(=O)NC1CCC(CC)CC1. The number of amides is 1. The van der Waals surface area contributed by atoms with E-state index in [2.05, 4.69) is 29.5 Å². The molecule has 0 aromatic carbocycles. The third-order valence-corrected chi connectivity index (χ3v) is 4.35. The predicted octanol–water partition coefficient (Wildman–Crippen LogP) is 3.60. The molecule has 1 aromatic heterocycles. The Hall–Kier alpha value is -1.58. The van der Waals surface area contributed by atoms with Crippen LogP contribution in [-0.4, -0.2) is 23.5 Å². The van der Waals surface area contributed by atoms with E-state index in [0.29, 0.717) is 17.4 Å². The van der Waals surface area contributed by atoms with Crippen molar-refractivity contribution >= 4 is 11.7 Å². The minimum Gasteiger partial charge on any atom is -0.369 e. The standard InChI is InChI=1S/C17H27N3O/c1-3-11-18-16-15(6-5-12-19-16)17(21)20-14-9-7-13(4-2)8-10-14/h5-6,12-14H,3-4,7-11H2,1-2H3,(H,18,19)(H,20,21). The number of rotatable bonds is 6. The Kier molecular flexibility index (Phi) is 6.03. The Labute approximate surface area is 127 Å². The van der Waals surface area contributed by atoms with Crippen LogP contribution in [-0.2, 0) is 0 Å². The minimum absolute atomic E-state index is 0.00153. The number of hydrogen-bond acceptors (Lipinski definition) is 3. The van der Waals surface area contributed by atoms with Gasteiger partial charge in [0.15, 0.2) is 0 Å². The summed E-state index contributed by atoms with van der Waals surface area (Å²) >= 11 is 0. The maximum absolute atomic E-state index is 12.5. The van der Waals surface area contributed by atoms with Gasteiger partial charge in [-0.15, -0.1) is 0 Å². The first-order chi connectivity index (χ1) is 10.2. The maximum Gasteiger partial charge on any atom is 0.255 e. The van der Waals surface area contributed by atoms with Crippen LogP contribution >= 0.6 is 0 Å². The van der Waals surface area contributed by atoms with Crippen molar-refractivity contribution in [1.29, 1.82) is 0 Å². The van der Waals surface area contributed by atoms with Crippen molar-refractivity contribution in [3.8, 4) is 0 Å². The van der Waals surface area contributed by atoms with Crippen LogP contribution < -0.4 is 10.6 Å². The van der Waals surface area contributed by atoms with Crippen LogP contribution in [0.3, 0.4) is 0 Å². The number of aromatic nitrogens is 1. The van der Waals surface area contributed by atoms with Crippen molar-refractivity contribution in [2.45, 2.75) is 58.4 Å². The fourth-order valence-corrected chi connectivity index (χ4v) is 2.95. The normalized spacial score (nSPS) is 21.8. The molecule has 1 amide bonds. The highest BCUT2D eigenvalue weighted by Crippen LogP contribution is 2.26. The molecule has 1 saturated carbocycles. The molecule has 0 saturated heterocycles. The Morgan fingerprint density at radius 1 is 1.29 bits per heavy atom. The third-order valence-electron chi connectivity index (χ3n) is 4.35. The zero-order valence-electron chi connectivity index (χ0n) is 13.2. The van der Waals surface area contributed by atoms with Crippen LogP contribution in [0.15, 0.2) is 18.3 Å². The van der Waals surface area contributed by atoms with Gasteiger partial charge in [-0.3, -0.25) is 4.79 Å². The number of anilines is 1. The molecule has 1 aliphatic rings. The summed E-state index contributed by atoms with van der Waals surface area (Å²) in [7, 11) is 0. The molecule has 0 atom stereocenters. The molecule has 4 heteroatoms. The number of carbonyl (C=O) groups is 1. The lowest BCUT2D eigenvalue weighted by Gasteiger charge is -2.28.